The molecule has 0 saturated carbocycles. The maximum absolute atomic E-state index is 13.2. The number of nitrogens with one attached hydrogen (secondary N) is 1. The Morgan fingerprint density at radius 2 is 1.57 bits per heavy atom. The molecule has 0 bridgehead atoms. The number of hydrogen-bond donors (Lipinski definition) is 3. The molecular formula is C28H37FN2O6. The smallest absolute Gasteiger partial charge is 0.414 e. The van der Waals surface area contributed by atoms with Gasteiger partial charge in [0.1, 0.15) is 11.6 Å². The molecule has 0 aliphatic carbocycles. The van der Waals surface area contributed by atoms with Gasteiger partial charge in [0.15, 0.2) is 0 Å². The van der Waals surface area contributed by atoms with Gasteiger partial charge in [0.2, 0.25) is 5.91 Å². The van der Waals surface area contributed by atoms with Crippen molar-refractivity contribution >= 4 is 17.8 Å². The summed E-state index contributed by atoms with van der Waals surface area (Å²) in [7, 11) is 1.69. The van der Waals surface area contributed by atoms with Crippen LogP contribution in [0.5, 0.6) is 5.75 Å². The Balaban J connectivity index is 0.000000717. The Bertz CT molecular complexity index is 990. The van der Waals surface area contributed by atoms with Crippen LogP contribution in [0.25, 0.3) is 0 Å². The summed E-state index contributed by atoms with van der Waals surface area (Å²) in [5.41, 5.74) is 2.28. The van der Waals surface area contributed by atoms with Crippen molar-refractivity contribution in [1.29, 1.82) is 0 Å². The fourth-order valence-corrected chi connectivity index (χ4v) is 4.29. The van der Waals surface area contributed by atoms with E-state index >= 15 is 0 Å². The van der Waals surface area contributed by atoms with Crippen LogP contribution in [0.2, 0.25) is 0 Å². The number of ether oxygens (including phenoxy) is 1. The minimum atomic E-state index is -1.82. The van der Waals surface area contributed by atoms with Crippen LogP contribution >= 0.6 is 0 Å². The second-order valence-corrected chi connectivity index (χ2v) is 9.54. The summed E-state index contributed by atoms with van der Waals surface area (Å²) in [6, 6.07) is 14.6. The standard InChI is InChI=1S/C26H35FN2O2.C2H2O4/c1-19(2)26(22-6-8-23(27)9-7-22)28-25(30)18-21-13-16-29(17-14-21)15-12-20-4-10-24(31-3)11-5-20;3-1(4)2(5)6/h4-11,19,21,26H,12-18H2,1-3H3,(H,28,30);(H,3,4)(H,5,6)/t26-;/m1./s1. The highest BCUT2D eigenvalue weighted by Gasteiger charge is 2.24. The number of piperidine rings is 1. The average molecular weight is 517 g/mol. The number of hydrogen-bond acceptors (Lipinski definition) is 5. The van der Waals surface area contributed by atoms with E-state index < -0.39 is 11.9 Å². The Morgan fingerprint density at radius 3 is 2.05 bits per heavy atom. The lowest BCUT2D eigenvalue weighted by Gasteiger charge is -2.32. The number of methoxy groups -OCH3 is 1. The second-order valence-electron chi connectivity index (χ2n) is 9.54. The molecule has 0 aromatic heterocycles. The van der Waals surface area contributed by atoms with Gasteiger partial charge in [-0.3, -0.25) is 4.79 Å². The Hall–Kier alpha value is -3.46. The monoisotopic (exact) mass is 516 g/mol. The van der Waals surface area contributed by atoms with Crippen molar-refractivity contribution in [2.75, 3.05) is 26.7 Å². The van der Waals surface area contributed by atoms with Gasteiger partial charge in [0, 0.05) is 13.0 Å². The number of nitrogens with zero attached hydrogens (tertiary/aromatic N) is 1. The number of carboxylic acid groups (broad SMARTS) is 2. The highest BCUT2D eigenvalue weighted by atomic mass is 19.1. The molecule has 202 valence electrons. The number of carbonyl (C=O) groups excluding carboxylic acids is 1. The first-order valence-corrected chi connectivity index (χ1v) is 12.4. The number of halogens is 1. The van der Waals surface area contributed by atoms with Crippen molar-refractivity contribution in [3.05, 3.63) is 65.5 Å². The second kappa shape index (κ2) is 14.9. The maximum Gasteiger partial charge on any atom is 0.414 e. The van der Waals surface area contributed by atoms with Crippen molar-refractivity contribution < 1.29 is 33.7 Å². The van der Waals surface area contributed by atoms with Crippen molar-refractivity contribution in [2.24, 2.45) is 11.8 Å². The summed E-state index contributed by atoms with van der Waals surface area (Å²) in [5.74, 6) is -2.24. The van der Waals surface area contributed by atoms with Crippen molar-refractivity contribution in [3.63, 3.8) is 0 Å². The van der Waals surface area contributed by atoms with E-state index in [0.717, 1.165) is 50.2 Å². The number of rotatable bonds is 9. The Morgan fingerprint density at radius 1 is 1.00 bits per heavy atom. The lowest BCUT2D eigenvalue weighted by molar-refractivity contribution is -0.159. The van der Waals surface area contributed by atoms with E-state index in [1.807, 2.05) is 12.1 Å². The van der Waals surface area contributed by atoms with Gasteiger partial charge in [-0.25, -0.2) is 14.0 Å². The third-order valence-corrected chi connectivity index (χ3v) is 6.45. The molecule has 3 N–H and O–H groups in total. The van der Waals surface area contributed by atoms with Gasteiger partial charge in [-0.05, 0) is 79.6 Å². The third-order valence-electron chi connectivity index (χ3n) is 6.45. The number of likely N-dealkylation sites (tertiary alicyclic amines) is 1. The molecule has 0 spiro atoms. The minimum absolute atomic E-state index is 0.0855. The zero-order chi connectivity index (χ0) is 27.4. The van der Waals surface area contributed by atoms with E-state index in [1.165, 1.54) is 17.7 Å². The van der Waals surface area contributed by atoms with Gasteiger partial charge in [0.25, 0.3) is 0 Å². The Kier molecular flexibility index (Phi) is 12.0. The molecule has 0 radical (unpaired) electrons. The van der Waals surface area contributed by atoms with Crippen LogP contribution in [0.1, 0.15) is 50.3 Å². The lowest BCUT2D eigenvalue weighted by Crippen LogP contribution is -2.38. The highest BCUT2D eigenvalue weighted by Crippen LogP contribution is 2.25. The minimum Gasteiger partial charge on any atom is -0.497 e. The fourth-order valence-electron chi connectivity index (χ4n) is 4.29. The fraction of sp³-hybridized carbons (Fsp3) is 0.464. The quantitative estimate of drug-likeness (QED) is 0.429. The largest absolute Gasteiger partial charge is 0.497 e. The van der Waals surface area contributed by atoms with Crippen LogP contribution in [-0.4, -0.2) is 59.7 Å². The third kappa shape index (κ3) is 10.6. The topological polar surface area (TPSA) is 116 Å². The predicted octanol–water partition coefficient (Wildman–Crippen LogP) is 4.15. The van der Waals surface area contributed by atoms with Gasteiger partial charge in [0.05, 0.1) is 13.2 Å². The summed E-state index contributed by atoms with van der Waals surface area (Å²) < 4.78 is 18.5. The summed E-state index contributed by atoms with van der Waals surface area (Å²) in [6.07, 6.45) is 3.71. The zero-order valence-corrected chi connectivity index (χ0v) is 21.7. The first-order chi connectivity index (χ1) is 17.6. The zero-order valence-electron chi connectivity index (χ0n) is 21.7. The molecule has 9 heteroatoms. The first-order valence-electron chi connectivity index (χ1n) is 12.4. The molecule has 1 atom stereocenters. The van der Waals surface area contributed by atoms with E-state index in [9.17, 15) is 9.18 Å². The molecule has 1 aliphatic rings. The summed E-state index contributed by atoms with van der Waals surface area (Å²) in [5, 5.41) is 18.0. The number of carbonyl (C=O) groups is 3. The van der Waals surface area contributed by atoms with Crippen LogP contribution in [-0.2, 0) is 20.8 Å². The average Bonchev–Trinajstić information content (AvgIpc) is 2.88. The van der Waals surface area contributed by atoms with E-state index in [1.54, 1.807) is 19.2 Å². The van der Waals surface area contributed by atoms with Crippen LogP contribution < -0.4 is 10.1 Å². The molecule has 1 amide bonds. The molecule has 2 aromatic rings. The van der Waals surface area contributed by atoms with Gasteiger partial charge in [-0.1, -0.05) is 38.1 Å². The molecule has 1 fully saturated rings. The van der Waals surface area contributed by atoms with Crippen LogP contribution in [0.4, 0.5) is 4.39 Å². The van der Waals surface area contributed by atoms with Crippen molar-refractivity contribution in [3.8, 4) is 5.75 Å². The molecule has 1 heterocycles. The van der Waals surface area contributed by atoms with Crippen molar-refractivity contribution in [2.45, 2.75) is 45.6 Å². The maximum atomic E-state index is 13.2. The molecular weight excluding hydrogens is 479 g/mol. The molecule has 37 heavy (non-hydrogen) atoms. The first kappa shape index (κ1) is 29.8. The molecule has 8 nitrogen and oxygen atoms in total. The summed E-state index contributed by atoms with van der Waals surface area (Å²) >= 11 is 0. The van der Waals surface area contributed by atoms with Gasteiger partial charge < -0.3 is 25.2 Å². The number of carboxylic acids is 2. The molecule has 1 aliphatic heterocycles. The van der Waals surface area contributed by atoms with Crippen molar-refractivity contribution in [1.82, 2.24) is 10.2 Å². The van der Waals surface area contributed by atoms with Crippen LogP contribution in [0.15, 0.2) is 48.5 Å². The summed E-state index contributed by atoms with van der Waals surface area (Å²) in [4.78, 5) is 33.4. The highest BCUT2D eigenvalue weighted by molar-refractivity contribution is 6.27. The van der Waals surface area contributed by atoms with E-state index in [-0.39, 0.29) is 23.7 Å². The van der Waals surface area contributed by atoms with Gasteiger partial charge in [-0.15, -0.1) is 0 Å². The van der Waals surface area contributed by atoms with Crippen LogP contribution in [0.3, 0.4) is 0 Å². The van der Waals surface area contributed by atoms with E-state index in [4.69, 9.17) is 24.5 Å². The molecule has 2 aromatic carbocycles. The van der Waals surface area contributed by atoms with Gasteiger partial charge >= 0.3 is 11.9 Å². The van der Waals surface area contributed by atoms with Gasteiger partial charge in [-0.2, -0.15) is 0 Å². The summed E-state index contributed by atoms with van der Waals surface area (Å²) in [6.45, 7) is 7.29. The number of aliphatic carboxylic acids is 2. The van der Waals surface area contributed by atoms with E-state index in [2.05, 4.69) is 36.2 Å². The Labute approximate surface area is 217 Å². The molecule has 0 unspecified atom stereocenters. The van der Waals surface area contributed by atoms with E-state index in [0.29, 0.717) is 12.3 Å². The SMILES string of the molecule is COc1ccc(CCN2CCC(CC(=O)N[C@@H](c3ccc(F)cc3)C(C)C)CC2)cc1.O=C(O)C(=O)O. The lowest BCUT2D eigenvalue weighted by atomic mass is 9.91. The normalized spacial score (nSPS) is 14.8. The number of amides is 1. The number of benzene rings is 2. The molecule has 3 rings (SSSR count). The molecule has 1 saturated heterocycles. The van der Waals surface area contributed by atoms with Crippen LogP contribution in [0, 0.1) is 17.7 Å². The predicted molar refractivity (Wildman–Crippen MR) is 138 cm³/mol.